The smallest absolute Gasteiger partial charge is 0.164 e. The highest BCUT2D eigenvalue weighted by atomic mass is 15.0. The average Bonchev–Trinajstić information content (AvgIpc) is 4.00. The van der Waals surface area contributed by atoms with Crippen LogP contribution in [-0.4, -0.2) is 24.1 Å². The normalized spacial score (nSPS) is 11.5. The van der Waals surface area contributed by atoms with Gasteiger partial charge < -0.3 is 9.13 Å². The molecular formula is C69H45N5. The Balaban J connectivity index is 0.912. The summed E-state index contributed by atoms with van der Waals surface area (Å²) in [4.78, 5) is 15.7. The van der Waals surface area contributed by atoms with E-state index in [0.717, 1.165) is 78.0 Å². The van der Waals surface area contributed by atoms with Gasteiger partial charge in [-0.3, -0.25) is 0 Å². The molecule has 0 aliphatic carbocycles. The van der Waals surface area contributed by atoms with E-state index in [1.165, 1.54) is 38.1 Å². The quantitative estimate of drug-likeness (QED) is 0.145. The zero-order valence-corrected chi connectivity index (χ0v) is 40.2. The first-order valence-corrected chi connectivity index (χ1v) is 25.1. The first-order chi connectivity index (χ1) is 36.7. The predicted molar refractivity (Wildman–Crippen MR) is 307 cm³/mol. The summed E-state index contributed by atoms with van der Waals surface area (Å²) in [6.45, 7) is 0. The van der Waals surface area contributed by atoms with Gasteiger partial charge in [-0.25, -0.2) is 15.0 Å². The number of para-hydroxylation sites is 4. The number of fused-ring (bicyclic) bond motifs is 6. The minimum atomic E-state index is 0.599. The lowest BCUT2D eigenvalue weighted by atomic mass is 9.95. The van der Waals surface area contributed by atoms with Crippen molar-refractivity contribution >= 4 is 43.6 Å². The molecule has 0 bridgehead atoms. The van der Waals surface area contributed by atoms with E-state index < -0.39 is 0 Å². The maximum absolute atomic E-state index is 5.30. The molecule has 11 aromatic carbocycles. The summed E-state index contributed by atoms with van der Waals surface area (Å²) in [5, 5.41) is 4.90. The maximum atomic E-state index is 5.30. The van der Waals surface area contributed by atoms with E-state index in [0.29, 0.717) is 17.5 Å². The molecule has 3 heterocycles. The van der Waals surface area contributed by atoms with Gasteiger partial charge in [0.1, 0.15) is 0 Å². The van der Waals surface area contributed by atoms with Crippen molar-refractivity contribution in [3.63, 3.8) is 0 Å². The molecule has 346 valence electrons. The molecule has 0 aliphatic rings. The highest BCUT2D eigenvalue weighted by Crippen LogP contribution is 2.41. The van der Waals surface area contributed by atoms with Gasteiger partial charge >= 0.3 is 0 Å². The summed E-state index contributed by atoms with van der Waals surface area (Å²) in [6, 6.07) is 97.2. The van der Waals surface area contributed by atoms with Gasteiger partial charge in [-0.05, 0) is 88.0 Å². The van der Waals surface area contributed by atoms with E-state index in [1.807, 2.05) is 18.2 Å². The van der Waals surface area contributed by atoms with Crippen molar-refractivity contribution in [3.05, 3.63) is 273 Å². The van der Waals surface area contributed by atoms with E-state index in [9.17, 15) is 0 Å². The van der Waals surface area contributed by atoms with Gasteiger partial charge in [0.05, 0.1) is 33.4 Å². The number of aromatic nitrogens is 5. The van der Waals surface area contributed by atoms with Crippen LogP contribution in [0.25, 0.3) is 134 Å². The lowest BCUT2D eigenvalue weighted by Crippen LogP contribution is -2.01. The van der Waals surface area contributed by atoms with Crippen LogP contribution in [0.3, 0.4) is 0 Å². The summed E-state index contributed by atoms with van der Waals surface area (Å²) in [5.41, 5.74) is 18.6. The van der Waals surface area contributed by atoms with Crippen molar-refractivity contribution in [2.24, 2.45) is 0 Å². The van der Waals surface area contributed by atoms with Crippen LogP contribution in [0.2, 0.25) is 0 Å². The standard InChI is InChI=1S/C69H45N5/c1-4-19-46(20-5-1)51-39-41-65(73-61-31-14-10-27-55(61)56-28-11-15-32-62(56)73)59(44-51)48-35-37-50(38-36-48)68-70-67(49-23-8-3-9-24-49)71-69(72-68)54-26-18-25-53(43-54)60-45-52(47-21-6-2-7-22-47)40-42-66(60)74-63-33-16-12-29-57(63)58-30-13-17-34-64(58)74/h1-45H. The molecule has 14 rings (SSSR count). The molecule has 0 fully saturated rings. The number of hydrogen-bond donors (Lipinski definition) is 0. The van der Waals surface area contributed by atoms with E-state index in [-0.39, 0.29) is 0 Å². The van der Waals surface area contributed by atoms with Crippen molar-refractivity contribution in [1.82, 2.24) is 24.1 Å². The third-order valence-electron chi connectivity index (χ3n) is 14.4. The summed E-state index contributed by atoms with van der Waals surface area (Å²) in [6.07, 6.45) is 0. The number of benzene rings is 11. The Hall–Kier alpha value is -9.97. The van der Waals surface area contributed by atoms with Gasteiger partial charge in [-0.1, -0.05) is 218 Å². The van der Waals surface area contributed by atoms with Crippen molar-refractivity contribution in [2.45, 2.75) is 0 Å². The molecule has 0 saturated carbocycles. The van der Waals surface area contributed by atoms with Gasteiger partial charge in [-0.2, -0.15) is 0 Å². The van der Waals surface area contributed by atoms with Crippen molar-refractivity contribution in [2.75, 3.05) is 0 Å². The Kier molecular flexibility index (Phi) is 10.4. The molecular weight excluding hydrogens is 899 g/mol. The van der Waals surface area contributed by atoms with Crippen molar-refractivity contribution in [1.29, 1.82) is 0 Å². The Labute approximate surface area is 428 Å². The summed E-state index contributed by atoms with van der Waals surface area (Å²) in [7, 11) is 0. The highest BCUT2D eigenvalue weighted by Gasteiger charge is 2.20. The van der Waals surface area contributed by atoms with Crippen LogP contribution in [0.5, 0.6) is 0 Å². The minimum absolute atomic E-state index is 0.599. The van der Waals surface area contributed by atoms with Crippen molar-refractivity contribution in [3.8, 4) is 90.0 Å². The van der Waals surface area contributed by atoms with Crippen LogP contribution in [0.4, 0.5) is 0 Å². The summed E-state index contributed by atoms with van der Waals surface area (Å²) < 4.78 is 4.81. The molecule has 0 unspecified atom stereocenters. The second-order valence-electron chi connectivity index (χ2n) is 18.8. The topological polar surface area (TPSA) is 48.5 Å². The molecule has 0 amide bonds. The molecule has 0 radical (unpaired) electrons. The predicted octanol–water partition coefficient (Wildman–Crippen LogP) is 17.7. The van der Waals surface area contributed by atoms with Gasteiger partial charge in [0.2, 0.25) is 0 Å². The molecule has 0 saturated heterocycles. The molecule has 0 spiro atoms. The van der Waals surface area contributed by atoms with Gasteiger partial charge in [0, 0.05) is 49.4 Å². The first kappa shape index (κ1) is 42.9. The maximum Gasteiger partial charge on any atom is 0.164 e. The van der Waals surface area contributed by atoms with Crippen LogP contribution in [-0.2, 0) is 0 Å². The van der Waals surface area contributed by atoms with Gasteiger partial charge in [-0.15, -0.1) is 0 Å². The van der Waals surface area contributed by atoms with E-state index in [1.54, 1.807) is 0 Å². The SMILES string of the molecule is c1ccc(-c2ccc(-n3c4ccccc4c4ccccc43)c(-c3ccc(-c4nc(-c5ccccc5)nc(-c5cccc(-c6cc(-c7ccccc7)ccc6-n6c7ccccc7c7ccccc76)c5)n4)cc3)c2)cc1. The zero-order chi connectivity index (χ0) is 49.0. The second-order valence-corrected chi connectivity index (χ2v) is 18.8. The molecule has 74 heavy (non-hydrogen) atoms. The molecule has 0 aliphatic heterocycles. The third-order valence-corrected chi connectivity index (χ3v) is 14.4. The first-order valence-electron chi connectivity index (χ1n) is 25.1. The number of hydrogen-bond acceptors (Lipinski definition) is 3. The number of nitrogens with zero attached hydrogens (tertiary/aromatic N) is 5. The van der Waals surface area contributed by atoms with Crippen LogP contribution in [0.15, 0.2) is 273 Å². The van der Waals surface area contributed by atoms with Gasteiger partial charge in [0.15, 0.2) is 17.5 Å². The largest absolute Gasteiger partial charge is 0.309 e. The van der Waals surface area contributed by atoms with Crippen LogP contribution in [0, 0.1) is 0 Å². The Morgan fingerprint density at radius 3 is 0.959 bits per heavy atom. The lowest BCUT2D eigenvalue weighted by molar-refractivity contribution is 1.07. The Morgan fingerprint density at radius 2 is 0.514 bits per heavy atom. The highest BCUT2D eigenvalue weighted by molar-refractivity contribution is 6.11. The second kappa shape index (κ2) is 18.0. The summed E-state index contributed by atoms with van der Waals surface area (Å²) >= 11 is 0. The monoisotopic (exact) mass is 943 g/mol. The fourth-order valence-corrected chi connectivity index (χ4v) is 10.9. The molecule has 14 aromatic rings. The Bertz CT molecular complexity index is 4300. The minimum Gasteiger partial charge on any atom is -0.309 e. The van der Waals surface area contributed by atoms with Crippen LogP contribution < -0.4 is 0 Å². The molecule has 5 heteroatoms. The lowest BCUT2D eigenvalue weighted by Gasteiger charge is -2.17. The van der Waals surface area contributed by atoms with Crippen LogP contribution >= 0.6 is 0 Å². The molecule has 5 nitrogen and oxygen atoms in total. The number of rotatable bonds is 9. The fourth-order valence-electron chi connectivity index (χ4n) is 10.9. The van der Waals surface area contributed by atoms with E-state index in [2.05, 4.69) is 264 Å². The molecule has 0 N–H and O–H groups in total. The van der Waals surface area contributed by atoms with Gasteiger partial charge in [0.25, 0.3) is 0 Å². The molecule has 3 aromatic heterocycles. The van der Waals surface area contributed by atoms with E-state index >= 15 is 0 Å². The third kappa shape index (κ3) is 7.46. The van der Waals surface area contributed by atoms with Crippen molar-refractivity contribution < 1.29 is 0 Å². The van der Waals surface area contributed by atoms with E-state index in [4.69, 9.17) is 15.0 Å². The summed E-state index contributed by atoms with van der Waals surface area (Å²) in [5.74, 6) is 1.81. The Morgan fingerprint density at radius 1 is 0.203 bits per heavy atom. The van der Waals surface area contributed by atoms with Crippen LogP contribution in [0.1, 0.15) is 0 Å². The molecule has 0 atom stereocenters. The zero-order valence-electron chi connectivity index (χ0n) is 40.2. The average molecular weight is 944 g/mol. The fraction of sp³-hybridized carbons (Fsp3) is 0.